The van der Waals surface area contributed by atoms with Gasteiger partial charge in [0.1, 0.15) is 16.9 Å². The van der Waals surface area contributed by atoms with E-state index in [4.69, 9.17) is 9.15 Å². The summed E-state index contributed by atoms with van der Waals surface area (Å²) in [4.78, 5) is 31.6. The van der Waals surface area contributed by atoms with Crippen LogP contribution >= 0.6 is 0 Å². The van der Waals surface area contributed by atoms with Crippen molar-refractivity contribution in [3.8, 4) is 22.5 Å². The van der Waals surface area contributed by atoms with E-state index < -0.39 is 17.2 Å². The lowest BCUT2D eigenvalue weighted by Crippen LogP contribution is -2.52. The topological polar surface area (TPSA) is 75.0 Å². The van der Waals surface area contributed by atoms with Crippen molar-refractivity contribution in [3.05, 3.63) is 88.6 Å². The first-order valence-corrected chi connectivity index (χ1v) is 14.8. The van der Waals surface area contributed by atoms with Crippen LogP contribution in [0.1, 0.15) is 45.6 Å². The Bertz CT molecular complexity index is 1640. The van der Waals surface area contributed by atoms with Gasteiger partial charge in [-0.3, -0.25) is 4.79 Å². The van der Waals surface area contributed by atoms with E-state index in [1.165, 1.54) is 0 Å². The summed E-state index contributed by atoms with van der Waals surface area (Å²) < 4.78 is 12.1. The van der Waals surface area contributed by atoms with E-state index in [-0.39, 0.29) is 5.43 Å². The molecule has 0 radical (unpaired) electrons. The highest BCUT2D eigenvalue weighted by Crippen LogP contribution is 2.42. The molecule has 1 N–H and O–H groups in total. The Morgan fingerprint density at radius 3 is 2.21 bits per heavy atom. The highest BCUT2D eigenvalue weighted by molar-refractivity contribution is 5.90. The third-order valence-corrected chi connectivity index (χ3v) is 8.45. The number of hydrogen-bond acceptors (Lipinski definition) is 6. The molecule has 0 bridgehead atoms. The van der Waals surface area contributed by atoms with Gasteiger partial charge in [0.2, 0.25) is 5.43 Å². The number of carbonyl (C=O) groups excluding carboxylic acids is 1. The van der Waals surface area contributed by atoms with Gasteiger partial charge in [-0.05, 0) is 76.4 Å². The van der Waals surface area contributed by atoms with Gasteiger partial charge in [-0.1, -0.05) is 54.6 Å². The van der Waals surface area contributed by atoms with Crippen LogP contribution in [0.4, 0.5) is 10.5 Å². The maximum Gasteiger partial charge on any atom is 0.408 e. The average molecular weight is 566 g/mol. The lowest BCUT2D eigenvalue weighted by Gasteiger charge is -2.43. The summed E-state index contributed by atoms with van der Waals surface area (Å²) in [5.74, 6) is 0.554. The van der Waals surface area contributed by atoms with Gasteiger partial charge in [0.05, 0.1) is 16.5 Å². The van der Waals surface area contributed by atoms with E-state index in [1.807, 2.05) is 87.5 Å². The SMILES string of the molecule is CN1CCN(c2ccc3oc(-c4ccccc4)c(-c4ccc(C5(NC(=O)OC(C)(C)C)CCC5)cc4)c(=O)c3c2)CC1. The van der Waals surface area contributed by atoms with Crippen molar-refractivity contribution in [1.29, 1.82) is 0 Å². The molecule has 2 heterocycles. The van der Waals surface area contributed by atoms with Crippen LogP contribution in [0.25, 0.3) is 33.4 Å². The van der Waals surface area contributed by atoms with E-state index in [0.717, 1.165) is 67.8 Å². The minimum absolute atomic E-state index is 0.0518. The zero-order valence-corrected chi connectivity index (χ0v) is 24.9. The van der Waals surface area contributed by atoms with Crippen LogP contribution in [-0.4, -0.2) is 49.8 Å². The normalized spacial score (nSPS) is 17.1. The van der Waals surface area contributed by atoms with E-state index in [9.17, 15) is 9.59 Å². The van der Waals surface area contributed by atoms with Gasteiger partial charge in [-0.25, -0.2) is 4.79 Å². The Morgan fingerprint density at radius 2 is 1.60 bits per heavy atom. The molecule has 7 heteroatoms. The third-order valence-electron chi connectivity index (χ3n) is 8.45. The molecule has 218 valence electrons. The highest BCUT2D eigenvalue weighted by Gasteiger charge is 2.41. The van der Waals surface area contributed by atoms with Crippen molar-refractivity contribution < 1.29 is 13.9 Å². The number of hydrogen-bond donors (Lipinski definition) is 1. The number of fused-ring (bicyclic) bond motifs is 1. The summed E-state index contributed by atoms with van der Waals surface area (Å²) in [6.45, 7) is 9.40. The quantitative estimate of drug-likeness (QED) is 0.287. The molecule has 6 rings (SSSR count). The molecule has 0 spiro atoms. The number of anilines is 1. The number of likely N-dealkylation sites (N-methyl/N-ethyl adjacent to an activating group) is 1. The zero-order chi connectivity index (χ0) is 29.5. The summed E-state index contributed by atoms with van der Waals surface area (Å²) in [7, 11) is 2.13. The van der Waals surface area contributed by atoms with Gasteiger partial charge in [0.25, 0.3) is 0 Å². The van der Waals surface area contributed by atoms with Gasteiger partial charge < -0.3 is 24.3 Å². The predicted octanol–water partition coefficient (Wildman–Crippen LogP) is 6.78. The van der Waals surface area contributed by atoms with Gasteiger partial charge in [-0.2, -0.15) is 0 Å². The minimum Gasteiger partial charge on any atom is -0.455 e. The lowest BCUT2D eigenvalue weighted by molar-refractivity contribution is 0.0377. The van der Waals surface area contributed by atoms with Crippen LogP contribution in [0.15, 0.2) is 82.0 Å². The molecule has 2 fully saturated rings. The first-order valence-electron chi connectivity index (χ1n) is 14.8. The second-order valence-electron chi connectivity index (χ2n) is 12.6. The molecule has 0 unspecified atom stereocenters. The van der Waals surface area contributed by atoms with Crippen LogP contribution in [0.3, 0.4) is 0 Å². The fraction of sp³-hybridized carbons (Fsp3) is 0.371. The monoisotopic (exact) mass is 565 g/mol. The number of alkyl carbamates (subject to hydrolysis) is 1. The van der Waals surface area contributed by atoms with Gasteiger partial charge in [0, 0.05) is 37.4 Å². The summed E-state index contributed by atoms with van der Waals surface area (Å²) in [6, 6.07) is 23.7. The van der Waals surface area contributed by atoms with Crippen molar-refractivity contribution >= 4 is 22.7 Å². The molecule has 4 aromatic rings. The van der Waals surface area contributed by atoms with Crippen molar-refractivity contribution in [2.75, 3.05) is 38.1 Å². The van der Waals surface area contributed by atoms with Gasteiger partial charge in [0.15, 0.2) is 0 Å². The van der Waals surface area contributed by atoms with Crippen molar-refractivity contribution in [1.82, 2.24) is 10.2 Å². The summed E-state index contributed by atoms with van der Waals surface area (Å²) in [5.41, 5.74) is 3.71. The largest absolute Gasteiger partial charge is 0.455 e. The third kappa shape index (κ3) is 5.53. The standard InChI is InChI=1S/C35H39N3O4/c1-34(2,3)42-33(40)36-35(17-8-18-35)26-13-11-24(12-14-26)30-31(39)28-23-27(38-21-19-37(4)20-22-38)15-16-29(28)41-32(30)25-9-6-5-7-10-25/h5-7,9-16,23H,8,17-22H2,1-4H3,(H,36,40). The number of amides is 1. The molecule has 3 aromatic carbocycles. The van der Waals surface area contributed by atoms with Crippen molar-refractivity contribution in [2.24, 2.45) is 0 Å². The summed E-state index contributed by atoms with van der Waals surface area (Å²) in [5, 5.41) is 3.70. The molecule has 1 aliphatic carbocycles. The molecular formula is C35H39N3O4. The van der Waals surface area contributed by atoms with Crippen LogP contribution in [0.5, 0.6) is 0 Å². The van der Waals surface area contributed by atoms with E-state index in [2.05, 4.69) is 28.2 Å². The van der Waals surface area contributed by atoms with Crippen molar-refractivity contribution in [3.63, 3.8) is 0 Å². The molecule has 0 atom stereocenters. The van der Waals surface area contributed by atoms with E-state index in [0.29, 0.717) is 22.3 Å². The molecule has 7 nitrogen and oxygen atoms in total. The number of benzene rings is 3. The maximum atomic E-state index is 14.3. The summed E-state index contributed by atoms with van der Waals surface area (Å²) >= 11 is 0. The molecule has 1 saturated heterocycles. The smallest absolute Gasteiger partial charge is 0.408 e. The average Bonchev–Trinajstić information content (AvgIpc) is 2.95. The first kappa shape index (κ1) is 28.0. The zero-order valence-electron chi connectivity index (χ0n) is 24.9. The lowest BCUT2D eigenvalue weighted by atomic mass is 9.71. The maximum absolute atomic E-state index is 14.3. The van der Waals surface area contributed by atoms with E-state index >= 15 is 0 Å². The first-order chi connectivity index (χ1) is 20.1. The Labute approximate surface area is 247 Å². The predicted molar refractivity (Wildman–Crippen MR) is 168 cm³/mol. The van der Waals surface area contributed by atoms with Crippen LogP contribution in [-0.2, 0) is 10.3 Å². The fourth-order valence-corrected chi connectivity index (χ4v) is 5.97. The second kappa shape index (κ2) is 11.0. The highest BCUT2D eigenvalue weighted by atomic mass is 16.6. The summed E-state index contributed by atoms with van der Waals surface area (Å²) in [6.07, 6.45) is 2.30. The Balaban J connectivity index is 1.40. The number of nitrogens with one attached hydrogen (secondary N) is 1. The van der Waals surface area contributed by atoms with Crippen LogP contribution in [0, 0.1) is 0 Å². The minimum atomic E-state index is -0.568. The van der Waals surface area contributed by atoms with Crippen LogP contribution < -0.4 is 15.6 Å². The number of piperazine rings is 1. The molecule has 1 saturated carbocycles. The molecule has 2 aliphatic rings. The Hall–Kier alpha value is -4.10. The van der Waals surface area contributed by atoms with Gasteiger partial charge in [-0.15, -0.1) is 0 Å². The number of rotatable bonds is 5. The fourth-order valence-electron chi connectivity index (χ4n) is 5.97. The Morgan fingerprint density at radius 1 is 0.905 bits per heavy atom. The molecule has 1 aromatic heterocycles. The second-order valence-corrected chi connectivity index (χ2v) is 12.6. The molecule has 42 heavy (non-hydrogen) atoms. The molecular weight excluding hydrogens is 526 g/mol. The molecule has 1 aliphatic heterocycles. The number of nitrogens with zero attached hydrogens (tertiary/aromatic N) is 2. The Kier molecular flexibility index (Phi) is 7.31. The number of ether oxygens (including phenoxy) is 1. The van der Waals surface area contributed by atoms with Crippen molar-refractivity contribution in [2.45, 2.75) is 51.2 Å². The van der Waals surface area contributed by atoms with Gasteiger partial charge >= 0.3 is 6.09 Å². The van der Waals surface area contributed by atoms with Crippen LogP contribution in [0.2, 0.25) is 0 Å². The van der Waals surface area contributed by atoms with E-state index in [1.54, 1.807) is 0 Å². The number of carbonyl (C=O) groups is 1. The molecule has 1 amide bonds.